The Morgan fingerprint density at radius 1 is 1.38 bits per heavy atom. The summed E-state index contributed by atoms with van der Waals surface area (Å²) < 4.78 is 17.1. The van der Waals surface area contributed by atoms with Gasteiger partial charge in [-0.15, -0.1) is 0 Å². The first-order valence-corrected chi connectivity index (χ1v) is 8.91. The van der Waals surface area contributed by atoms with E-state index in [1.165, 1.54) is 10.9 Å². The third kappa shape index (κ3) is 4.28. The minimum atomic E-state index is -1.01. The van der Waals surface area contributed by atoms with Gasteiger partial charge < -0.3 is 19.0 Å². The highest BCUT2D eigenvalue weighted by atomic mass is 16.5. The average molecular weight is 397 g/mol. The number of rotatable bonds is 7. The number of aliphatic hydroxyl groups is 1. The molecular formula is C20H19N3O6. The van der Waals surface area contributed by atoms with E-state index in [1.807, 2.05) is 6.07 Å². The van der Waals surface area contributed by atoms with Crippen LogP contribution in [0.1, 0.15) is 28.6 Å². The summed E-state index contributed by atoms with van der Waals surface area (Å²) in [5, 5.41) is 19.1. The molecule has 0 amide bonds. The third-order valence-corrected chi connectivity index (χ3v) is 4.17. The topological polar surface area (TPSA) is 128 Å². The molecule has 2 heterocycles. The fraction of sp³-hybridized carbons (Fsp3) is 0.300. The number of hydrogen-bond donors (Lipinski definition) is 1. The number of benzene rings is 1. The molecule has 3 aromatic rings. The smallest absolute Gasteiger partial charge is 0.342 e. The molecule has 0 aliphatic rings. The van der Waals surface area contributed by atoms with Crippen molar-refractivity contribution in [3.05, 3.63) is 57.8 Å². The Kier molecular flexibility index (Phi) is 5.95. The number of fused-ring (bicyclic) bond motifs is 1. The molecule has 2 aromatic heterocycles. The number of esters is 1. The maximum absolute atomic E-state index is 12.8. The average Bonchev–Trinajstić information content (AvgIpc) is 3.06. The fourth-order valence-corrected chi connectivity index (χ4v) is 2.81. The van der Waals surface area contributed by atoms with E-state index in [0.29, 0.717) is 11.3 Å². The van der Waals surface area contributed by atoms with Gasteiger partial charge >= 0.3 is 5.97 Å². The molecular weight excluding hydrogens is 378 g/mol. The number of ether oxygens (including phenoxy) is 2. The number of hydrogen-bond acceptors (Lipinski definition) is 8. The zero-order valence-corrected chi connectivity index (χ0v) is 15.9. The summed E-state index contributed by atoms with van der Waals surface area (Å²) in [5.74, 6) is 0.0645. The van der Waals surface area contributed by atoms with Crippen LogP contribution in [0.5, 0.6) is 5.75 Å². The van der Waals surface area contributed by atoms with Crippen molar-refractivity contribution >= 4 is 17.1 Å². The van der Waals surface area contributed by atoms with Gasteiger partial charge in [0.2, 0.25) is 5.71 Å². The number of carbonyl (C=O) groups is 1. The van der Waals surface area contributed by atoms with Crippen LogP contribution in [0.2, 0.25) is 0 Å². The zero-order chi connectivity index (χ0) is 21.0. The second-order valence-corrected chi connectivity index (χ2v) is 6.24. The second kappa shape index (κ2) is 8.58. The van der Waals surface area contributed by atoms with Crippen LogP contribution in [-0.4, -0.2) is 39.9 Å². The number of aromatic nitrogens is 2. The largest absolute Gasteiger partial charge is 0.491 e. The first kappa shape index (κ1) is 20.1. The normalized spacial score (nSPS) is 11.8. The van der Waals surface area contributed by atoms with Crippen molar-refractivity contribution in [2.75, 3.05) is 13.2 Å². The van der Waals surface area contributed by atoms with E-state index in [0.717, 1.165) is 0 Å². The number of aliphatic hydroxyl groups excluding tert-OH is 1. The molecule has 0 bridgehead atoms. The van der Waals surface area contributed by atoms with Crippen LogP contribution >= 0.6 is 0 Å². The van der Waals surface area contributed by atoms with Crippen LogP contribution in [0.25, 0.3) is 11.1 Å². The predicted octanol–water partition coefficient (Wildman–Crippen LogP) is 1.79. The number of furan rings is 1. The van der Waals surface area contributed by atoms with Gasteiger partial charge in [-0.1, -0.05) is 0 Å². The van der Waals surface area contributed by atoms with E-state index in [4.69, 9.17) is 19.2 Å². The Balaban J connectivity index is 1.78. The van der Waals surface area contributed by atoms with Crippen molar-refractivity contribution in [2.45, 2.75) is 26.5 Å². The molecule has 0 spiro atoms. The minimum Gasteiger partial charge on any atom is -0.491 e. The van der Waals surface area contributed by atoms with Crippen molar-refractivity contribution in [3.8, 4) is 11.8 Å². The van der Waals surface area contributed by atoms with Gasteiger partial charge in [0.15, 0.2) is 0 Å². The first-order valence-electron chi connectivity index (χ1n) is 8.91. The zero-order valence-electron chi connectivity index (χ0n) is 15.9. The summed E-state index contributed by atoms with van der Waals surface area (Å²) in [4.78, 5) is 29.1. The lowest BCUT2D eigenvalue weighted by molar-refractivity contribution is 0.0526. The number of aryl methyl sites for hydroxylation is 1. The molecule has 9 nitrogen and oxygen atoms in total. The van der Waals surface area contributed by atoms with E-state index in [-0.39, 0.29) is 42.2 Å². The Morgan fingerprint density at radius 2 is 2.10 bits per heavy atom. The SMILES string of the molecule is CCOC(=O)c1c(C)oc2ncn(CC(O)COc3ccc(C#N)cc3)c(=O)c12. The van der Waals surface area contributed by atoms with E-state index in [1.54, 1.807) is 38.1 Å². The van der Waals surface area contributed by atoms with Crippen LogP contribution < -0.4 is 10.3 Å². The highest BCUT2D eigenvalue weighted by Gasteiger charge is 2.24. The highest BCUT2D eigenvalue weighted by Crippen LogP contribution is 2.21. The molecule has 150 valence electrons. The molecule has 0 aliphatic heterocycles. The van der Waals surface area contributed by atoms with Crippen LogP contribution in [0.4, 0.5) is 0 Å². The van der Waals surface area contributed by atoms with Gasteiger partial charge in [0.05, 0.1) is 24.8 Å². The van der Waals surface area contributed by atoms with Crippen LogP contribution in [-0.2, 0) is 11.3 Å². The molecule has 9 heteroatoms. The molecule has 0 radical (unpaired) electrons. The maximum atomic E-state index is 12.8. The lowest BCUT2D eigenvalue weighted by Crippen LogP contribution is -2.30. The molecule has 1 N–H and O–H groups in total. The van der Waals surface area contributed by atoms with Gasteiger partial charge in [-0.25, -0.2) is 9.78 Å². The quantitative estimate of drug-likeness (QED) is 0.598. The van der Waals surface area contributed by atoms with Gasteiger partial charge in [-0.2, -0.15) is 5.26 Å². The lowest BCUT2D eigenvalue weighted by atomic mass is 10.2. The van der Waals surface area contributed by atoms with Gasteiger partial charge in [-0.3, -0.25) is 9.36 Å². The lowest BCUT2D eigenvalue weighted by Gasteiger charge is -2.13. The number of nitriles is 1. The van der Waals surface area contributed by atoms with Crippen molar-refractivity contribution in [1.29, 1.82) is 5.26 Å². The molecule has 1 unspecified atom stereocenters. The third-order valence-electron chi connectivity index (χ3n) is 4.17. The van der Waals surface area contributed by atoms with Crippen molar-refractivity contribution in [1.82, 2.24) is 9.55 Å². The van der Waals surface area contributed by atoms with Crippen LogP contribution in [0.15, 0.2) is 39.8 Å². The fourth-order valence-electron chi connectivity index (χ4n) is 2.81. The maximum Gasteiger partial charge on any atom is 0.342 e. The van der Waals surface area contributed by atoms with Crippen molar-refractivity contribution < 1.29 is 23.8 Å². The van der Waals surface area contributed by atoms with Crippen molar-refractivity contribution in [3.63, 3.8) is 0 Å². The molecule has 29 heavy (non-hydrogen) atoms. The van der Waals surface area contributed by atoms with Crippen LogP contribution in [0, 0.1) is 18.3 Å². The van der Waals surface area contributed by atoms with Gasteiger partial charge in [0.1, 0.15) is 41.5 Å². The molecule has 0 aliphatic carbocycles. The minimum absolute atomic E-state index is 0.0173. The van der Waals surface area contributed by atoms with Crippen molar-refractivity contribution in [2.24, 2.45) is 0 Å². The molecule has 3 rings (SSSR count). The highest BCUT2D eigenvalue weighted by molar-refractivity contribution is 6.03. The summed E-state index contributed by atoms with van der Waals surface area (Å²) in [7, 11) is 0. The Hall–Kier alpha value is -3.64. The number of carbonyl (C=O) groups excluding carboxylic acids is 1. The molecule has 0 saturated carbocycles. The Bertz CT molecular complexity index is 1120. The predicted molar refractivity (Wildman–Crippen MR) is 102 cm³/mol. The summed E-state index contributed by atoms with van der Waals surface area (Å²) in [6.07, 6.45) is 0.231. The monoisotopic (exact) mass is 397 g/mol. The molecule has 1 aromatic carbocycles. The van der Waals surface area contributed by atoms with Gasteiger partial charge in [0, 0.05) is 0 Å². The molecule has 0 fully saturated rings. The summed E-state index contributed by atoms with van der Waals surface area (Å²) >= 11 is 0. The second-order valence-electron chi connectivity index (χ2n) is 6.24. The summed E-state index contributed by atoms with van der Waals surface area (Å²) in [6.45, 7) is 3.20. The first-order chi connectivity index (χ1) is 13.9. The van der Waals surface area contributed by atoms with Gasteiger partial charge in [0.25, 0.3) is 5.56 Å². The summed E-state index contributed by atoms with van der Waals surface area (Å²) in [5.41, 5.74) is 0.0520. The molecule has 0 saturated heterocycles. The summed E-state index contributed by atoms with van der Waals surface area (Å²) in [6, 6.07) is 8.43. The van der Waals surface area contributed by atoms with E-state index < -0.39 is 17.6 Å². The number of nitrogens with zero attached hydrogens (tertiary/aromatic N) is 3. The standard InChI is InChI=1S/C20H19N3O6/c1-3-27-20(26)16-12(2)29-18-17(16)19(25)23(11-22-18)9-14(24)10-28-15-6-4-13(8-21)5-7-15/h4-7,11,14,24H,3,9-10H2,1-2H3. The Morgan fingerprint density at radius 3 is 2.76 bits per heavy atom. The Labute approximate surface area is 165 Å². The van der Waals surface area contributed by atoms with Crippen LogP contribution in [0.3, 0.4) is 0 Å². The van der Waals surface area contributed by atoms with E-state index >= 15 is 0 Å². The van der Waals surface area contributed by atoms with Gasteiger partial charge in [-0.05, 0) is 38.1 Å². The molecule has 1 atom stereocenters. The van der Waals surface area contributed by atoms with E-state index in [2.05, 4.69) is 4.98 Å². The van der Waals surface area contributed by atoms with E-state index in [9.17, 15) is 14.7 Å².